The van der Waals surface area contributed by atoms with Crippen molar-refractivity contribution in [1.29, 1.82) is 0 Å². The third kappa shape index (κ3) is 5.78. The van der Waals surface area contributed by atoms with Gasteiger partial charge >= 0.3 is 19.9 Å². The number of nitrogens with zero attached hydrogens (tertiary/aromatic N) is 3. The van der Waals surface area contributed by atoms with Gasteiger partial charge < -0.3 is 43.7 Å². The molecule has 0 radical (unpaired) electrons. The molecule has 47 heavy (non-hydrogen) atoms. The van der Waals surface area contributed by atoms with E-state index in [4.69, 9.17) is 24.0 Å². The molecule has 4 aliphatic rings. The summed E-state index contributed by atoms with van der Waals surface area (Å²) in [5.41, 5.74) is -2.47. The summed E-state index contributed by atoms with van der Waals surface area (Å²) < 4.78 is 64.4. The number of phosphoric acid groups is 1. The number of carbonyl (C=O) groups is 2. The van der Waals surface area contributed by atoms with E-state index in [9.17, 15) is 29.2 Å². The minimum Gasteiger partial charge on any atom is -0.487 e. The fourth-order valence-corrected chi connectivity index (χ4v) is 6.74. The molecule has 250 valence electrons. The van der Waals surface area contributed by atoms with Gasteiger partial charge in [0.25, 0.3) is 0 Å². The molecule has 0 bridgehead atoms. The summed E-state index contributed by atoms with van der Waals surface area (Å²) in [4.78, 5) is 57.4. The summed E-state index contributed by atoms with van der Waals surface area (Å²) in [5, 5.41) is 20.9. The molecule has 4 N–H and O–H groups in total. The van der Waals surface area contributed by atoms with Gasteiger partial charge in [0.05, 0.1) is 42.3 Å². The molecule has 3 aromatic rings. The zero-order chi connectivity index (χ0) is 33.4. The van der Waals surface area contributed by atoms with E-state index in [1.54, 1.807) is 9.47 Å². The Balaban J connectivity index is 1.09. The summed E-state index contributed by atoms with van der Waals surface area (Å²) in [7, 11) is -4.78. The van der Waals surface area contributed by atoms with Crippen molar-refractivity contribution in [2.75, 3.05) is 42.7 Å². The molecule has 3 atom stereocenters. The number of pyridine rings is 1. The number of ether oxygens (including phenoxy) is 3. The van der Waals surface area contributed by atoms with Crippen LogP contribution < -0.4 is 24.7 Å². The second-order valence-electron chi connectivity index (χ2n) is 12.1. The van der Waals surface area contributed by atoms with Crippen LogP contribution in [0, 0.1) is 11.6 Å². The van der Waals surface area contributed by atoms with Crippen LogP contribution in [0.4, 0.5) is 25.0 Å². The lowest BCUT2D eigenvalue weighted by Gasteiger charge is -2.34. The first kappa shape index (κ1) is 31.3. The normalized spacial score (nSPS) is 23.8. The van der Waals surface area contributed by atoms with Crippen LogP contribution in [-0.4, -0.2) is 87.3 Å². The highest BCUT2D eigenvalue weighted by atomic mass is 31.2. The summed E-state index contributed by atoms with van der Waals surface area (Å²) in [6.07, 6.45) is 0.979. The third-order valence-electron chi connectivity index (χ3n) is 8.62. The quantitative estimate of drug-likeness (QED) is 0.241. The van der Waals surface area contributed by atoms with Gasteiger partial charge in [0.15, 0.2) is 23.1 Å². The lowest BCUT2D eigenvalue weighted by molar-refractivity contribution is 0.00980. The maximum absolute atomic E-state index is 15.7. The van der Waals surface area contributed by atoms with Crippen molar-refractivity contribution >= 4 is 42.2 Å². The number of aromatic carboxylic acids is 1. The molecule has 4 heterocycles. The molecule has 7 rings (SSSR count). The minimum absolute atomic E-state index is 0.0269. The molecule has 1 aliphatic carbocycles. The Morgan fingerprint density at radius 1 is 1.13 bits per heavy atom. The predicted octanol–water partition coefficient (Wildman–Crippen LogP) is 2.53. The SMILES string of the molecule is O=C(O)c1cn(C2CC2)c2c3c(c(F)cc2c1=O)N1C[C@](O)(COc2ccc(N4CC(COP(=O)(O)O)OC4=O)cc2F)C[C@H]1CO3. The second-order valence-corrected chi connectivity index (χ2v) is 13.3. The molecule has 1 aromatic heterocycles. The van der Waals surface area contributed by atoms with Crippen LogP contribution >= 0.6 is 7.82 Å². The number of aromatic nitrogens is 1. The van der Waals surface area contributed by atoms with E-state index in [1.165, 1.54) is 18.3 Å². The molecule has 2 aromatic carbocycles. The number of aliphatic hydroxyl groups is 1. The van der Waals surface area contributed by atoms with Crippen molar-refractivity contribution in [3.63, 3.8) is 0 Å². The van der Waals surface area contributed by atoms with E-state index in [0.717, 1.165) is 29.9 Å². The lowest BCUT2D eigenvalue weighted by atomic mass is 10.0. The van der Waals surface area contributed by atoms with Gasteiger partial charge in [-0.05, 0) is 31.0 Å². The number of rotatable bonds is 9. The van der Waals surface area contributed by atoms with Crippen molar-refractivity contribution < 1.29 is 61.7 Å². The number of hydrogen-bond acceptors (Lipinski definition) is 10. The molecule has 0 spiro atoms. The summed E-state index contributed by atoms with van der Waals surface area (Å²) in [6.45, 7) is -1.18. The van der Waals surface area contributed by atoms with Crippen molar-refractivity contribution in [3.05, 3.63) is 57.9 Å². The van der Waals surface area contributed by atoms with Gasteiger partial charge in [-0.2, -0.15) is 0 Å². The highest BCUT2D eigenvalue weighted by molar-refractivity contribution is 7.46. The highest BCUT2D eigenvalue weighted by Gasteiger charge is 2.48. The number of phosphoric ester groups is 1. The van der Waals surface area contributed by atoms with Crippen LogP contribution in [0.1, 0.15) is 35.7 Å². The molecule has 18 heteroatoms. The Bertz CT molecular complexity index is 1930. The average molecular weight is 680 g/mol. The van der Waals surface area contributed by atoms with E-state index in [2.05, 4.69) is 4.52 Å². The number of cyclic esters (lactones) is 1. The van der Waals surface area contributed by atoms with E-state index in [0.29, 0.717) is 0 Å². The van der Waals surface area contributed by atoms with Crippen molar-refractivity contribution in [2.45, 2.75) is 43.1 Å². The average Bonchev–Trinajstić information content (AvgIpc) is 3.69. The van der Waals surface area contributed by atoms with Crippen LogP contribution in [0.3, 0.4) is 0 Å². The zero-order valence-electron chi connectivity index (χ0n) is 24.4. The Kier molecular flexibility index (Phi) is 7.44. The summed E-state index contributed by atoms with van der Waals surface area (Å²) in [5.74, 6) is -3.26. The summed E-state index contributed by atoms with van der Waals surface area (Å²) in [6, 6.07) is 4.06. The zero-order valence-corrected chi connectivity index (χ0v) is 25.3. The number of carboxylic acid groups (broad SMARTS) is 1. The third-order valence-corrected chi connectivity index (χ3v) is 9.11. The molecule has 3 fully saturated rings. The number of anilines is 2. The van der Waals surface area contributed by atoms with Gasteiger partial charge in [0.2, 0.25) is 5.43 Å². The number of fused-ring (bicyclic) bond motifs is 5. The van der Waals surface area contributed by atoms with Gasteiger partial charge in [-0.3, -0.25) is 14.2 Å². The number of carbonyl (C=O) groups excluding carboxylic acids is 1. The topological polar surface area (TPSA) is 198 Å². The van der Waals surface area contributed by atoms with Gasteiger partial charge in [-0.1, -0.05) is 0 Å². The van der Waals surface area contributed by atoms with Gasteiger partial charge in [0.1, 0.15) is 36.2 Å². The Hall–Kier alpha value is -4.28. The molecular weight excluding hydrogens is 651 g/mol. The van der Waals surface area contributed by atoms with Crippen molar-refractivity contribution in [3.8, 4) is 11.5 Å². The standard InChI is InChI=1S/C29H28F2N3O12P/c30-20-5-15(33-8-17(46-28(33)38)11-45-47(40,41)42)3-4-22(20)44-13-29(39)7-16-10-43-26-23-18(6-21(31)24(26)34(16)12-29)25(35)19(27(36)37)9-32(23)14-1-2-14/h3-6,9,14,16-17,39H,1-2,7-8,10-13H2,(H,36,37)(H2,40,41,42)/t16-,17?,29-/m0/s1. The van der Waals surface area contributed by atoms with E-state index >= 15 is 8.78 Å². The first-order valence-electron chi connectivity index (χ1n) is 14.6. The van der Waals surface area contributed by atoms with Crippen LogP contribution in [-0.2, 0) is 13.8 Å². The molecule has 1 saturated carbocycles. The molecule has 15 nitrogen and oxygen atoms in total. The Morgan fingerprint density at radius 2 is 1.89 bits per heavy atom. The molecule has 2 saturated heterocycles. The molecular formula is C29H28F2N3O12P. The first-order chi connectivity index (χ1) is 22.2. The minimum atomic E-state index is -4.78. The lowest BCUT2D eigenvalue weighted by Crippen LogP contribution is -2.41. The second kappa shape index (κ2) is 11.2. The number of carboxylic acids is 1. The highest BCUT2D eigenvalue weighted by Crippen LogP contribution is 2.48. The fourth-order valence-electron chi connectivity index (χ4n) is 6.38. The maximum atomic E-state index is 15.7. The van der Waals surface area contributed by atoms with E-state index < -0.39 is 66.9 Å². The fraction of sp³-hybridized carbons (Fsp3) is 0.414. The van der Waals surface area contributed by atoms with E-state index in [-0.39, 0.29) is 72.5 Å². The van der Waals surface area contributed by atoms with Gasteiger partial charge in [-0.15, -0.1) is 0 Å². The Labute approximate surface area is 263 Å². The Morgan fingerprint density at radius 3 is 2.57 bits per heavy atom. The maximum Gasteiger partial charge on any atom is 0.469 e. The predicted molar refractivity (Wildman–Crippen MR) is 157 cm³/mol. The smallest absolute Gasteiger partial charge is 0.469 e. The molecule has 1 unspecified atom stereocenters. The molecule has 3 aliphatic heterocycles. The first-order valence-corrected chi connectivity index (χ1v) is 16.1. The van der Waals surface area contributed by atoms with Crippen LogP contribution in [0.2, 0.25) is 0 Å². The number of hydrogen-bond donors (Lipinski definition) is 4. The van der Waals surface area contributed by atoms with Crippen LogP contribution in [0.25, 0.3) is 10.9 Å². The number of amides is 1. The van der Waals surface area contributed by atoms with Crippen LogP contribution in [0.5, 0.6) is 11.5 Å². The van der Waals surface area contributed by atoms with Crippen molar-refractivity contribution in [1.82, 2.24) is 4.57 Å². The van der Waals surface area contributed by atoms with Crippen molar-refractivity contribution in [2.24, 2.45) is 0 Å². The van der Waals surface area contributed by atoms with Gasteiger partial charge in [0, 0.05) is 24.7 Å². The molecule has 1 amide bonds. The van der Waals surface area contributed by atoms with Gasteiger partial charge in [-0.25, -0.2) is 22.9 Å². The van der Waals surface area contributed by atoms with Crippen LogP contribution in [0.15, 0.2) is 35.3 Å². The summed E-state index contributed by atoms with van der Waals surface area (Å²) >= 11 is 0. The number of benzene rings is 2. The largest absolute Gasteiger partial charge is 0.487 e. The number of halogens is 2. The monoisotopic (exact) mass is 679 g/mol. The van der Waals surface area contributed by atoms with E-state index in [1.807, 2.05) is 0 Å².